The Labute approximate surface area is 160 Å². The number of alkyl halides is 2. The molecule has 0 spiro atoms. The van der Waals surface area contributed by atoms with E-state index in [2.05, 4.69) is 21.2 Å². The number of hydrogen-bond donors (Lipinski definition) is 1. The molecule has 0 atom stereocenters. The van der Waals surface area contributed by atoms with Crippen molar-refractivity contribution in [1.29, 1.82) is 0 Å². The Balaban J connectivity index is 1.92. The number of rotatable bonds is 3. The Bertz CT molecular complexity index is 669. The number of halogens is 3. The number of carbonyl (C=O) groups is 2. The Morgan fingerprint density at radius 2 is 1.88 bits per heavy atom. The van der Waals surface area contributed by atoms with Gasteiger partial charge in [0.25, 0.3) is 12.3 Å². The van der Waals surface area contributed by atoms with Gasteiger partial charge < -0.3 is 15.0 Å². The molecule has 0 bridgehead atoms. The zero-order valence-electron chi connectivity index (χ0n) is 15.0. The average molecular weight is 433 g/mol. The van der Waals surface area contributed by atoms with E-state index in [0.29, 0.717) is 25.9 Å². The molecule has 2 amide bonds. The Morgan fingerprint density at radius 1 is 1.27 bits per heavy atom. The van der Waals surface area contributed by atoms with Crippen molar-refractivity contribution >= 4 is 27.9 Å². The molecular weight excluding hydrogens is 410 g/mol. The molecule has 1 aromatic rings. The van der Waals surface area contributed by atoms with E-state index in [1.165, 1.54) is 18.2 Å². The predicted molar refractivity (Wildman–Crippen MR) is 97.4 cm³/mol. The van der Waals surface area contributed by atoms with E-state index in [1.54, 1.807) is 25.7 Å². The first kappa shape index (κ1) is 20.6. The summed E-state index contributed by atoms with van der Waals surface area (Å²) in [4.78, 5) is 26.0. The predicted octanol–water partition coefficient (Wildman–Crippen LogP) is 4.52. The van der Waals surface area contributed by atoms with Crippen LogP contribution in [0.1, 0.15) is 56.0 Å². The quantitative estimate of drug-likeness (QED) is 0.763. The number of alkyl carbamates (subject to hydrolysis) is 1. The van der Waals surface area contributed by atoms with Crippen LogP contribution in [0.15, 0.2) is 22.7 Å². The second-order valence-corrected chi connectivity index (χ2v) is 8.10. The lowest BCUT2D eigenvalue weighted by Gasteiger charge is -2.33. The smallest absolute Gasteiger partial charge is 0.407 e. The van der Waals surface area contributed by atoms with E-state index in [-0.39, 0.29) is 27.5 Å². The Hall–Kier alpha value is -1.70. The molecule has 0 unspecified atom stereocenters. The number of carbonyl (C=O) groups excluding carboxylic acids is 2. The van der Waals surface area contributed by atoms with E-state index in [0.717, 1.165) is 0 Å². The zero-order valence-corrected chi connectivity index (χ0v) is 16.6. The van der Waals surface area contributed by atoms with Crippen LogP contribution in [0, 0.1) is 0 Å². The van der Waals surface area contributed by atoms with Gasteiger partial charge in [-0.25, -0.2) is 13.6 Å². The third kappa shape index (κ3) is 5.65. The Kier molecular flexibility index (Phi) is 6.60. The minimum absolute atomic E-state index is 0.0737. The number of nitrogens with one attached hydrogen (secondary N) is 1. The highest BCUT2D eigenvalue weighted by atomic mass is 79.9. The number of ether oxygens (including phenoxy) is 1. The van der Waals surface area contributed by atoms with Gasteiger partial charge in [-0.2, -0.15) is 0 Å². The molecule has 1 N–H and O–H groups in total. The topological polar surface area (TPSA) is 58.6 Å². The standard InChI is InChI=1S/C18H23BrF2N2O3/c1-18(2,3)26-17(25)22-12-6-8-23(9-7-12)16(24)11-4-5-14(19)13(10-11)15(20)21/h4-5,10,12,15H,6-9H2,1-3H3,(H,22,25). The van der Waals surface area contributed by atoms with Gasteiger partial charge in [0.2, 0.25) is 0 Å². The van der Waals surface area contributed by atoms with E-state index in [4.69, 9.17) is 4.74 Å². The summed E-state index contributed by atoms with van der Waals surface area (Å²) >= 11 is 3.07. The highest BCUT2D eigenvalue weighted by Crippen LogP contribution is 2.29. The van der Waals surface area contributed by atoms with E-state index < -0.39 is 18.1 Å². The summed E-state index contributed by atoms with van der Waals surface area (Å²) < 4.78 is 31.5. The molecule has 5 nitrogen and oxygen atoms in total. The highest BCUT2D eigenvalue weighted by molar-refractivity contribution is 9.10. The number of hydrogen-bond acceptors (Lipinski definition) is 3. The van der Waals surface area contributed by atoms with Crippen molar-refractivity contribution in [3.8, 4) is 0 Å². The van der Waals surface area contributed by atoms with Crippen LogP contribution in [0.2, 0.25) is 0 Å². The van der Waals surface area contributed by atoms with Gasteiger partial charge in [-0.3, -0.25) is 4.79 Å². The van der Waals surface area contributed by atoms with Crippen molar-refractivity contribution in [1.82, 2.24) is 10.2 Å². The summed E-state index contributed by atoms with van der Waals surface area (Å²) in [6, 6.07) is 4.15. The molecule has 2 rings (SSSR count). The maximum Gasteiger partial charge on any atom is 0.407 e. The summed E-state index contributed by atoms with van der Waals surface area (Å²) in [6.07, 6.45) is -1.95. The molecule has 1 heterocycles. The molecule has 0 aliphatic carbocycles. The number of piperidine rings is 1. The molecule has 1 aliphatic rings. The molecule has 0 radical (unpaired) electrons. The van der Waals surface area contributed by atoms with Crippen molar-refractivity contribution in [3.05, 3.63) is 33.8 Å². The molecule has 1 fully saturated rings. The van der Waals surface area contributed by atoms with Crippen LogP contribution in [-0.2, 0) is 4.74 Å². The summed E-state index contributed by atoms with van der Waals surface area (Å²) in [7, 11) is 0. The molecular formula is C18H23BrF2N2O3. The average Bonchev–Trinajstić information content (AvgIpc) is 2.53. The lowest BCUT2D eigenvalue weighted by Crippen LogP contribution is -2.47. The second kappa shape index (κ2) is 8.33. The molecule has 26 heavy (non-hydrogen) atoms. The van der Waals surface area contributed by atoms with E-state index in [1.807, 2.05) is 0 Å². The summed E-state index contributed by atoms with van der Waals surface area (Å²) in [6.45, 7) is 6.26. The van der Waals surface area contributed by atoms with Crippen LogP contribution in [0.4, 0.5) is 13.6 Å². The van der Waals surface area contributed by atoms with Crippen LogP contribution >= 0.6 is 15.9 Å². The summed E-state index contributed by atoms with van der Waals surface area (Å²) in [5.41, 5.74) is -0.524. The normalized spacial score (nSPS) is 15.9. The van der Waals surface area contributed by atoms with Gasteiger partial charge in [-0.1, -0.05) is 15.9 Å². The lowest BCUT2D eigenvalue weighted by molar-refractivity contribution is 0.0473. The van der Waals surface area contributed by atoms with Crippen molar-refractivity contribution < 1.29 is 23.1 Å². The van der Waals surface area contributed by atoms with E-state index >= 15 is 0 Å². The van der Waals surface area contributed by atoms with Crippen molar-refractivity contribution in [2.24, 2.45) is 0 Å². The van der Waals surface area contributed by atoms with Crippen LogP contribution in [0.25, 0.3) is 0 Å². The minimum Gasteiger partial charge on any atom is -0.444 e. The fourth-order valence-corrected chi connectivity index (χ4v) is 3.15. The summed E-state index contributed by atoms with van der Waals surface area (Å²) in [5, 5.41) is 2.80. The van der Waals surface area contributed by atoms with Gasteiger partial charge in [0, 0.05) is 34.7 Å². The monoisotopic (exact) mass is 432 g/mol. The maximum atomic E-state index is 13.0. The van der Waals surface area contributed by atoms with Gasteiger partial charge in [0.1, 0.15) is 5.60 Å². The highest BCUT2D eigenvalue weighted by Gasteiger charge is 2.27. The molecule has 144 valence electrons. The number of likely N-dealkylation sites (tertiary alicyclic amines) is 1. The Morgan fingerprint density at radius 3 is 2.42 bits per heavy atom. The molecule has 8 heteroatoms. The molecule has 1 saturated heterocycles. The van der Waals surface area contributed by atoms with Gasteiger partial charge in [-0.05, 0) is 51.8 Å². The largest absolute Gasteiger partial charge is 0.444 e. The van der Waals surface area contributed by atoms with Crippen molar-refractivity contribution in [2.75, 3.05) is 13.1 Å². The molecule has 0 saturated carbocycles. The zero-order chi connectivity index (χ0) is 19.5. The maximum absolute atomic E-state index is 13.0. The van der Waals surface area contributed by atoms with Crippen molar-refractivity contribution in [2.45, 2.75) is 51.7 Å². The molecule has 1 aliphatic heterocycles. The number of amides is 2. The van der Waals surface area contributed by atoms with Gasteiger partial charge in [0.05, 0.1) is 0 Å². The van der Waals surface area contributed by atoms with Crippen LogP contribution in [0.5, 0.6) is 0 Å². The second-order valence-electron chi connectivity index (χ2n) is 7.25. The van der Waals surface area contributed by atoms with Gasteiger partial charge >= 0.3 is 6.09 Å². The molecule has 0 aromatic heterocycles. The minimum atomic E-state index is -2.65. The van der Waals surface area contributed by atoms with Crippen molar-refractivity contribution in [3.63, 3.8) is 0 Å². The first-order valence-corrected chi connectivity index (χ1v) is 9.22. The first-order chi connectivity index (χ1) is 12.1. The SMILES string of the molecule is CC(C)(C)OC(=O)NC1CCN(C(=O)c2ccc(Br)c(C(F)F)c2)CC1. The van der Waals surface area contributed by atoms with Crippen LogP contribution < -0.4 is 5.32 Å². The third-order valence-electron chi connectivity index (χ3n) is 3.98. The van der Waals surface area contributed by atoms with E-state index in [9.17, 15) is 18.4 Å². The van der Waals surface area contributed by atoms with Gasteiger partial charge in [0.15, 0.2) is 0 Å². The lowest BCUT2D eigenvalue weighted by atomic mass is 10.0. The molecule has 1 aromatic carbocycles. The number of benzene rings is 1. The van der Waals surface area contributed by atoms with Crippen LogP contribution in [-0.4, -0.2) is 41.6 Å². The fraction of sp³-hybridized carbons (Fsp3) is 0.556. The fourth-order valence-electron chi connectivity index (χ4n) is 2.73. The first-order valence-electron chi connectivity index (χ1n) is 8.43. The number of nitrogens with zero attached hydrogens (tertiary/aromatic N) is 1. The third-order valence-corrected chi connectivity index (χ3v) is 4.70. The van der Waals surface area contributed by atoms with Crippen LogP contribution in [0.3, 0.4) is 0 Å². The summed E-state index contributed by atoms with van der Waals surface area (Å²) in [5.74, 6) is -0.282. The van der Waals surface area contributed by atoms with Gasteiger partial charge in [-0.15, -0.1) is 0 Å².